The number of aryl methyl sites for hydroxylation is 1. The van der Waals surface area contributed by atoms with Gasteiger partial charge < -0.3 is 10.5 Å². The molecule has 0 spiro atoms. The Bertz CT molecular complexity index is 638. The van der Waals surface area contributed by atoms with E-state index in [1.165, 1.54) is 0 Å². The van der Waals surface area contributed by atoms with E-state index in [1.807, 2.05) is 19.1 Å². The number of rotatable bonds is 3. The second kappa shape index (κ2) is 5.45. The Morgan fingerprint density at radius 1 is 1.21 bits per heavy atom. The lowest BCUT2D eigenvalue weighted by Gasteiger charge is -2.10. The third kappa shape index (κ3) is 2.63. The average molecular weight is 320 g/mol. The molecule has 0 aliphatic heterocycles. The molecule has 0 heterocycles. The van der Waals surface area contributed by atoms with Crippen LogP contribution < -0.4 is 10.5 Å². The molecular formula is C15H14BrNO2. The Labute approximate surface area is 120 Å². The lowest BCUT2D eigenvalue weighted by molar-refractivity contribution is 0.103. The topological polar surface area (TPSA) is 52.3 Å². The number of benzene rings is 2. The number of halogens is 1. The van der Waals surface area contributed by atoms with Crippen molar-refractivity contribution in [3.05, 3.63) is 57.6 Å². The zero-order valence-corrected chi connectivity index (χ0v) is 12.3. The second-order valence-electron chi connectivity index (χ2n) is 4.24. The number of nitrogens with two attached hydrogens (primary N) is 1. The van der Waals surface area contributed by atoms with E-state index >= 15 is 0 Å². The van der Waals surface area contributed by atoms with E-state index in [0.29, 0.717) is 27.0 Å². The normalized spacial score (nSPS) is 10.3. The Balaban J connectivity index is 2.56. The van der Waals surface area contributed by atoms with E-state index in [9.17, 15) is 4.79 Å². The second-order valence-corrected chi connectivity index (χ2v) is 5.03. The molecule has 0 radical (unpaired) electrons. The van der Waals surface area contributed by atoms with Crippen LogP contribution in [-0.2, 0) is 0 Å². The molecule has 19 heavy (non-hydrogen) atoms. The Kier molecular flexibility index (Phi) is 3.90. The lowest BCUT2D eigenvalue weighted by Crippen LogP contribution is -2.06. The van der Waals surface area contributed by atoms with Gasteiger partial charge in [-0.2, -0.15) is 0 Å². The molecule has 3 nitrogen and oxygen atoms in total. The monoisotopic (exact) mass is 319 g/mol. The maximum Gasteiger partial charge on any atom is 0.197 e. The van der Waals surface area contributed by atoms with E-state index in [4.69, 9.17) is 10.5 Å². The molecule has 2 aromatic rings. The van der Waals surface area contributed by atoms with Gasteiger partial charge in [-0.05, 0) is 47.1 Å². The van der Waals surface area contributed by atoms with E-state index in [2.05, 4.69) is 15.9 Å². The van der Waals surface area contributed by atoms with Gasteiger partial charge in [-0.25, -0.2) is 0 Å². The number of hydrogen-bond acceptors (Lipinski definition) is 3. The van der Waals surface area contributed by atoms with E-state index < -0.39 is 0 Å². The number of hydrogen-bond donors (Lipinski definition) is 1. The van der Waals surface area contributed by atoms with Crippen LogP contribution in [0.5, 0.6) is 5.75 Å². The van der Waals surface area contributed by atoms with Gasteiger partial charge in [0, 0.05) is 11.3 Å². The third-order valence-electron chi connectivity index (χ3n) is 2.87. The molecule has 2 aromatic carbocycles. The van der Waals surface area contributed by atoms with Crippen LogP contribution in [0.1, 0.15) is 21.5 Å². The van der Waals surface area contributed by atoms with E-state index in [-0.39, 0.29) is 5.78 Å². The van der Waals surface area contributed by atoms with Crippen LogP contribution in [0.15, 0.2) is 40.9 Å². The molecule has 98 valence electrons. The molecule has 0 bridgehead atoms. The predicted octanol–water partition coefficient (Wildman–Crippen LogP) is 3.58. The average Bonchev–Trinajstić information content (AvgIpc) is 2.41. The molecule has 0 aliphatic carbocycles. The van der Waals surface area contributed by atoms with E-state index in [1.54, 1.807) is 31.4 Å². The zero-order valence-electron chi connectivity index (χ0n) is 10.7. The molecule has 0 aromatic heterocycles. The van der Waals surface area contributed by atoms with Gasteiger partial charge in [0.2, 0.25) is 0 Å². The van der Waals surface area contributed by atoms with Crippen LogP contribution >= 0.6 is 15.9 Å². The minimum Gasteiger partial charge on any atom is -0.496 e. The van der Waals surface area contributed by atoms with Crippen LogP contribution in [0, 0.1) is 6.92 Å². The Morgan fingerprint density at radius 2 is 1.95 bits per heavy atom. The quantitative estimate of drug-likeness (QED) is 0.695. The Hall–Kier alpha value is -1.81. The van der Waals surface area contributed by atoms with Gasteiger partial charge in [0.05, 0.1) is 17.1 Å². The SMILES string of the molecule is COc1ccc(C)cc1C(=O)c1cccc(N)c1Br. The van der Waals surface area contributed by atoms with Crippen molar-refractivity contribution in [2.75, 3.05) is 12.8 Å². The highest BCUT2D eigenvalue weighted by Crippen LogP contribution is 2.29. The molecule has 0 aliphatic rings. The lowest BCUT2D eigenvalue weighted by atomic mass is 10.0. The van der Waals surface area contributed by atoms with Crippen molar-refractivity contribution in [3.8, 4) is 5.75 Å². The van der Waals surface area contributed by atoms with Crippen molar-refractivity contribution < 1.29 is 9.53 Å². The number of ketones is 1. The molecule has 2 N–H and O–H groups in total. The molecule has 0 saturated heterocycles. The van der Waals surface area contributed by atoms with E-state index in [0.717, 1.165) is 5.56 Å². The van der Waals surface area contributed by atoms with Crippen LogP contribution in [0.4, 0.5) is 5.69 Å². The highest BCUT2D eigenvalue weighted by atomic mass is 79.9. The van der Waals surface area contributed by atoms with Gasteiger partial charge in [0.1, 0.15) is 5.75 Å². The number of carbonyl (C=O) groups is 1. The van der Waals surface area contributed by atoms with Crippen molar-refractivity contribution in [2.45, 2.75) is 6.92 Å². The largest absolute Gasteiger partial charge is 0.496 e. The van der Waals surface area contributed by atoms with Gasteiger partial charge in [-0.1, -0.05) is 17.7 Å². The molecular weight excluding hydrogens is 306 g/mol. The van der Waals surface area contributed by atoms with Gasteiger partial charge in [0.15, 0.2) is 5.78 Å². The molecule has 0 fully saturated rings. The number of carbonyl (C=O) groups excluding carboxylic acids is 1. The summed E-state index contributed by atoms with van der Waals surface area (Å²) in [5.74, 6) is 0.449. The number of methoxy groups -OCH3 is 1. The maximum absolute atomic E-state index is 12.6. The number of anilines is 1. The fourth-order valence-electron chi connectivity index (χ4n) is 1.87. The summed E-state index contributed by atoms with van der Waals surface area (Å²) in [5, 5.41) is 0. The van der Waals surface area contributed by atoms with Gasteiger partial charge in [-0.15, -0.1) is 0 Å². The molecule has 0 saturated carbocycles. The fraction of sp³-hybridized carbons (Fsp3) is 0.133. The minimum absolute atomic E-state index is 0.111. The third-order valence-corrected chi connectivity index (χ3v) is 3.76. The fourth-order valence-corrected chi connectivity index (χ4v) is 2.31. The standard InChI is InChI=1S/C15H14BrNO2/c1-9-6-7-13(19-2)11(8-9)15(18)10-4-3-5-12(17)14(10)16/h3-8H,17H2,1-2H3. The number of ether oxygens (including phenoxy) is 1. The summed E-state index contributed by atoms with van der Waals surface area (Å²) in [6.07, 6.45) is 0. The van der Waals surface area contributed by atoms with Crippen LogP contribution in [0.3, 0.4) is 0 Å². The van der Waals surface area contributed by atoms with Gasteiger partial charge in [0.25, 0.3) is 0 Å². The van der Waals surface area contributed by atoms with Crippen molar-refractivity contribution in [1.82, 2.24) is 0 Å². The summed E-state index contributed by atoms with van der Waals surface area (Å²) in [6, 6.07) is 10.8. The summed E-state index contributed by atoms with van der Waals surface area (Å²) in [4.78, 5) is 12.6. The summed E-state index contributed by atoms with van der Waals surface area (Å²) in [6.45, 7) is 1.94. The number of nitrogen functional groups attached to an aromatic ring is 1. The van der Waals surface area contributed by atoms with Gasteiger partial charge >= 0.3 is 0 Å². The van der Waals surface area contributed by atoms with Gasteiger partial charge in [-0.3, -0.25) is 4.79 Å². The first-order valence-electron chi connectivity index (χ1n) is 5.78. The molecule has 0 amide bonds. The zero-order chi connectivity index (χ0) is 14.0. The summed E-state index contributed by atoms with van der Waals surface area (Å²) >= 11 is 3.36. The summed E-state index contributed by atoms with van der Waals surface area (Å²) in [7, 11) is 1.55. The minimum atomic E-state index is -0.111. The first-order chi connectivity index (χ1) is 9.04. The highest BCUT2D eigenvalue weighted by Gasteiger charge is 2.18. The molecule has 4 heteroatoms. The Morgan fingerprint density at radius 3 is 2.63 bits per heavy atom. The van der Waals surface area contributed by atoms with Crippen LogP contribution in [0.2, 0.25) is 0 Å². The molecule has 0 unspecified atom stereocenters. The smallest absolute Gasteiger partial charge is 0.197 e. The van der Waals surface area contributed by atoms with Crippen molar-refractivity contribution in [3.63, 3.8) is 0 Å². The summed E-state index contributed by atoms with van der Waals surface area (Å²) < 4.78 is 5.86. The summed E-state index contributed by atoms with van der Waals surface area (Å²) in [5.41, 5.74) is 8.42. The first-order valence-corrected chi connectivity index (χ1v) is 6.57. The van der Waals surface area contributed by atoms with Crippen molar-refractivity contribution in [1.29, 1.82) is 0 Å². The predicted molar refractivity (Wildman–Crippen MR) is 79.7 cm³/mol. The maximum atomic E-state index is 12.6. The van der Waals surface area contributed by atoms with Crippen LogP contribution in [-0.4, -0.2) is 12.9 Å². The molecule has 2 rings (SSSR count). The van der Waals surface area contributed by atoms with Crippen LogP contribution in [0.25, 0.3) is 0 Å². The van der Waals surface area contributed by atoms with Crippen molar-refractivity contribution in [2.24, 2.45) is 0 Å². The van der Waals surface area contributed by atoms with Crippen molar-refractivity contribution >= 4 is 27.4 Å². The first kappa shape index (κ1) is 13.6. The molecule has 0 atom stereocenters. The highest BCUT2D eigenvalue weighted by molar-refractivity contribution is 9.10.